The lowest BCUT2D eigenvalue weighted by Gasteiger charge is -2.08. The van der Waals surface area contributed by atoms with Gasteiger partial charge >= 0.3 is 0 Å². The highest BCUT2D eigenvalue weighted by atomic mass is 79.9. The molecule has 0 unspecified atom stereocenters. The van der Waals surface area contributed by atoms with E-state index in [9.17, 15) is 0 Å². The van der Waals surface area contributed by atoms with Gasteiger partial charge in [0.15, 0.2) is 0 Å². The minimum absolute atomic E-state index is 0.692. The third-order valence-corrected chi connectivity index (χ3v) is 2.99. The maximum atomic E-state index is 5.45. The van der Waals surface area contributed by atoms with Crippen molar-refractivity contribution < 1.29 is 4.74 Å². The first-order valence-corrected chi connectivity index (χ1v) is 6.08. The summed E-state index contributed by atoms with van der Waals surface area (Å²) in [6.07, 6.45) is 0. The van der Waals surface area contributed by atoms with Crippen LogP contribution in [0.3, 0.4) is 0 Å². The Kier molecular flexibility index (Phi) is 3.62. The van der Waals surface area contributed by atoms with Crippen molar-refractivity contribution in [2.45, 2.75) is 6.92 Å². The van der Waals surface area contributed by atoms with Gasteiger partial charge in [0.05, 0.1) is 6.61 Å². The standard InChI is InChI=1S/C14H13BrO/c1-2-16-12-8-9-13(14(15)10-12)11-6-4-3-5-7-11/h3-10H,2H2,1H3. The Hall–Kier alpha value is -1.28. The molecule has 0 saturated heterocycles. The number of halogens is 1. The summed E-state index contributed by atoms with van der Waals surface area (Å²) in [5.74, 6) is 0.897. The van der Waals surface area contributed by atoms with Crippen LogP contribution in [0.1, 0.15) is 6.92 Å². The Morgan fingerprint density at radius 2 is 1.81 bits per heavy atom. The van der Waals surface area contributed by atoms with Crippen LogP contribution in [-0.2, 0) is 0 Å². The summed E-state index contributed by atoms with van der Waals surface area (Å²) in [6.45, 7) is 2.68. The molecule has 0 fully saturated rings. The molecule has 0 N–H and O–H groups in total. The van der Waals surface area contributed by atoms with Crippen molar-refractivity contribution in [1.82, 2.24) is 0 Å². The second-order valence-corrected chi connectivity index (χ2v) is 4.30. The lowest BCUT2D eigenvalue weighted by molar-refractivity contribution is 0.340. The highest BCUT2D eigenvalue weighted by Crippen LogP contribution is 2.31. The lowest BCUT2D eigenvalue weighted by atomic mass is 10.1. The first kappa shape index (κ1) is 11.2. The van der Waals surface area contributed by atoms with E-state index >= 15 is 0 Å². The highest BCUT2D eigenvalue weighted by Gasteiger charge is 2.03. The summed E-state index contributed by atoms with van der Waals surface area (Å²) in [6, 6.07) is 16.4. The zero-order valence-electron chi connectivity index (χ0n) is 9.11. The number of ether oxygens (including phenoxy) is 1. The topological polar surface area (TPSA) is 9.23 Å². The van der Waals surface area contributed by atoms with E-state index in [1.807, 2.05) is 37.3 Å². The Balaban J connectivity index is 2.37. The van der Waals surface area contributed by atoms with Crippen molar-refractivity contribution in [1.29, 1.82) is 0 Å². The van der Waals surface area contributed by atoms with Gasteiger partial charge in [-0.2, -0.15) is 0 Å². The van der Waals surface area contributed by atoms with Crippen LogP contribution in [0, 0.1) is 0 Å². The summed E-state index contributed by atoms with van der Waals surface area (Å²) in [4.78, 5) is 0. The second-order valence-electron chi connectivity index (χ2n) is 3.44. The van der Waals surface area contributed by atoms with Gasteiger partial charge in [-0.05, 0) is 36.2 Å². The van der Waals surface area contributed by atoms with Gasteiger partial charge in [-0.1, -0.05) is 46.3 Å². The minimum Gasteiger partial charge on any atom is -0.494 e. The Bertz CT molecular complexity index is 465. The minimum atomic E-state index is 0.692. The molecule has 0 aliphatic heterocycles. The molecule has 0 aliphatic carbocycles. The van der Waals surface area contributed by atoms with Gasteiger partial charge in [-0.3, -0.25) is 0 Å². The molecule has 0 bridgehead atoms. The first-order valence-electron chi connectivity index (χ1n) is 5.29. The SMILES string of the molecule is CCOc1ccc(-c2ccccc2)c(Br)c1. The van der Waals surface area contributed by atoms with Crippen LogP contribution in [0.2, 0.25) is 0 Å². The smallest absolute Gasteiger partial charge is 0.120 e. The molecule has 2 aromatic carbocycles. The maximum absolute atomic E-state index is 5.45. The fourth-order valence-electron chi connectivity index (χ4n) is 1.60. The summed E-state index contributed by atoms with van der Waals surface area (Å²) >= 11 is 3.57. The fourth-order valence-corrected chi connectivity index (χ4v) is 2.19. The maximum Gasteiger partial charge on any atom is 0.120 e. The van der Waals surface area contributed by atoms with Gasteiger partial charge in [0.2, 0.25) is 0 Å². The zero-order valence-corrected chi connectivity index (χ0v) is 10.7. The van der Waals surface area contributed by atoms with Gasteiger partial charge in [-0.15, -0.1) is 0 Å². The van der Waals surface area contributed by atoms with Crippen molar-refractivity contribution in [2.24, 2.45) is 0 Å². The Morgan fingerprint density at radius 1 is 1.06 bits per heavy atom. The molecule has 2 aromatic rings. The molecular formula is C14H13BrO. The molecule has 0 aromatic heterocycles. The van der Waals surface area contributed by atoms with Crippen LogP contribution in [0.4, 0.5) is 0 Å². The summed E-state index contributed by atoms with van der Waals surface area (Å²) < 4.78 is 6.51. The molecule has 0 aliphatic rings. The number of hydrogen-bond donors (Lipinski definition) is 0. The van der Waals surface area contributed by atoms with Crippen LogP contribution in [0.25, 0.3) is 11.1 Å². The van der Waals surface area contributed by atoms with E-state index in [-0.39, 0.29) is 0 Å². The van der Waals surface area contributed by atoms with Gasteiger partial charge in [0.1, 0.15) is 5.75 Å². The molecule has 1 nitrogen and oxygen atoms in total. The van der Waals surface area contributed by atoms with Gasteiger partial charge in [-0.25, -0.2) is 0 Å². The first-order chi connectivity index (χ1) is 7.81. The third kappa shape index (κ3) is 2.45. The van der Waals surface area contributed by atoms with Gasteiger partial charge in [0.25, 0.3) is 0 Å². The molecule has 0 saturated carbocycles. The number of rotatable bonds is 3. The molecule has 0 spiro atoms. The third-order valence-electron chi connectivity index (χ3n) is 2.34. The molecule has 16 heavy (non-hydrogen) atoms. The number of benzene rings is 2. The summed E-state index contributed by atoms with van der Waals surface area (Å²) in [5, 5.41) is 0. The second kappa shape index (κ2) is 5.17. The van der Waals surface area contributed by atoms with Gasteiger partial charge in [0, 0.05) is 4.47 Å². The fraction of sp³-hybridized carbons (Fsp3) is 0.143. The largest absolute Gasteiger partial charge is 0.494 e. The summed E-state index contributed by atoms with van der Waals surface area (Å²) in [7, 11) is 0. The summed E-state index contributed by atoms with van der Waals surface area (Å²) in [5.41, 5.74) is 2.39. The molecule has 0 atom stereocenters. The highest BCUT2D eigenvalue weighted by molar-refractivity contribution is 9.10. The molecule has 2 heteroatoms. The molecule has 0 radical (unpaired) electrons. The lowest BCUT2D eigenvalue weighted by Crippen LogP contribution is -1.91. The Labute approximate surface area is 104 Å². The monoisotopic (exact) mass is 276 g/mol. The van der Waals surface area contributed by atoms with E-state index in [2.05, 4.69) is 34.1 Å². The average Bonchev–Trinajstić information content (AvgIpc) is 2.31. The zero-order chi connectivity index (χ0) is 11.4. The normalized spacial score (nSPS) is 10.1. The predicted molar refractivity (Wildman–Crippen MR) is 70.7 cm³/mol. The van der Waals surface area contributed by atoms with Crippen molar-refractivity contribution >= 4 is 15.9 Å². The van der Waals surface area contributed by atoms with E-state index in [0.29, 0.717) is 6.61 Å². The van der Waals surface area contributed by atoms with E-state index in [0.717, 1.165) is 10.2 Å². The van der Waals surface area contributed by atoms with E-state index in [1.165, 1.54) is 11.1 Å². The number of hydrogen-bond acceptors (Lipinski definition) is 1. The Morgan fingerprint density at radius 3 is 2.44 bits per heavy atom. The van der Waals surface area contributed by atoms with Crippen LogP contribution < -0.4 is 4.74 Å². The van der Waals surface area contributed by atoms with Crippen molar-refractivity contribution in [3.05, 3.63) is 53.0 Å². The van der Waals surface area contributed by atoms with Crippen molar-refractivity contribution in [2.75, 3.05) is 6.61 Å². The van der Waals surface area contributed by atoms with Crippen molar-refractivity contribution in [3.8, 4) is 16.9 Å². The molecule has 0 heterocycles. The molecule has 0 amide bonds. The van der Waals surface area contributed by atoms with E-state index in [4.69, 9.17) is 4.74 Å². The quantitative estimate of drug-likeness (QED) is 0.801. The van der Waals surface area contributed by atoms with Crippen LogP contribution >= 0.6 is 15.9 Å². The predicted octanol–water partition coefficient (Wildman–Crippen LogP) is 4.51. The average molecular weight is 277 g/mol. The molecule has 82 valence electrons. The van der Waals surface area contributed by atoms with Crippen LogP contribution in [0.5, 0.6) is 5.75 Å². The molecule has 2 rings (SSSR count). The van der Waals surface area contributed by atoms with Crippen LogP contribution in [0.15, 0.2) is 53.0 Å². The van der Waals surface area contributed by atoms with E-state index in [1.54, 1.807) is 0 Å². The van der Waals surface area contributed by atoms with Gasteiger partial charge < -0.3 is 4.74 Å². The van der Waals surface area contributed by atoms with Crippen LogP contribution in [-0.4, -0.2) is 6.61 Å². The van der Waals surface area contributed by atoms with Crippen molar-refractivity contribution in [3.63, 3.8) is 0 Å². The molecular weight excluding hydrogens is 264 g/mol. The van der Waals surface area contributed by atoms with E-state index < -0.39 is 0 Å².